The Labute approximate surface area is 144 Å². The molecule has 6 nitrogen and oxygen atoms in total. The van der Waals surface area contributed by atoms with Crippen molar-refractivity contribution in [3.8, 4) is 0 Å². The Morgan fingerprint density at radius 2 is 1.96 bits per heavy atom. The summed E-state index contributed by atoms with van der Waals surface area (Å²) >= 11 is 0. The molecule has 0 aromatic heterocycles. The van der Waals surface area contributed by atoms with Crippen LogP contribution < -0.4 is 0 Å². The fourth-order valence-corrected chi connectivity index (χ4v) is 4.37. The molecule has 0 aliphatic carbocycles. The molecule has 3 aliphatic heterocycles. The van der Waals surface area contributed by atoms with Crippen LogP contribution in [0.2, 0.25) is 0 Å². The molecule has 0 aromatic rings. The van der Waals surface area contributed by atoms with Crippen LogP contribution in [0.15, 0.2) is 0 Å². The molecule has 2 amide bonds. The SMILES string of the molecule is CC[C@H](O)C(=O)N1CCC2(CCC(=O)N(C3CCOCC3)C2)CC1. The molecule has 6 heteroatoms. The fraction of sp³-hybridized carbons (Fsp3) is 0.889. The van der Waals surface area contributed by atoms with Crippen LogP contribution in [-0.4, -0.2) is 71.7 Å². The zero-order valence-corrected chi connectivity index (χ0v) is 14.7. The molecular weight excluding hydrogens is 308 g/mol. The Bertz CT molecular complexity index is 468. The quantitative estimate of drug-likeness (QED) is 0.838. The molecule has 3 fully saturated rings. The largest absolute Gasteiger partial charge is 0.383 e. The van der Waals surface area contributed by atoms with Gasteiger partial charge < -0.3 is 19.6 Å². The van der Waals surface area contributed by atoms with Crippen LogP contribution >= 0.6 is 0 Å². The first-order valence-electron chi connectivity index (χ1n) is 9.39. The van der Waals surface area contributed by atoms with Crippen LogP contribution in [0.25, 0.3) is 0 Å². The topological polar surface area (TPSA) is 70.1 Å². The second kappa shape index (κ2) is 7.40. The molecule has 0 saturated carbocycles. The lowest BCUT2D eigenvalue weighted by Gasteiger charge is -2.50. The minimum Gasteiger partial charge on any atom is -0.383 e. The first-order chi connectivity index (χ1) is 11.5. The van der Waals surface area contributed by atoms with Gasteiger partial charge in [-0.05, 0) is 43.9 Å². The number of nitrogens with zero attached hydrogens (tertiary/aromatic N) is 2. The van der Waals surface area contributed by atoms with Gasteiger partial charge in [0.1, 0.15) is 6.10 Å². The molecular formula is C18H30N2O4. The lowest BCUT2D eigenvalue weighted by molar-refractivity contribution is -0.150. The lowest BCUT2D eigenvalue weighted by atomic mass is 9.71. The number of aliphatic hydroxyl groups excluding tert-OH is 1. The third kappa shape index (κ3) is 3.59. The highest BCUT2D eigenvalue weighted by molar-refractivity contribution is 5.80. The molecule has 3 heterocycles. The van der Waals surface area contributed by atoms with E-state index in [1.54, 1.807) is 4.90 Å². The molecule has 1 spiro atoms. The predicted molar refractivity (Wildman–Crippen MR) is 89.3 cm³/mol. The molecule has 3 aliphatic rings. The van der Waals surface area contributed by atoms with Crippen molar-refractivity contribution in [1.29, 1.82) is 0 Å². The molecule has 136 valence electrons. The summed E-state index contributed by atoms with van der Waals surface area (Å²) in [6, 6.07) is 0.324. The molecule has 0 unspecified atom stereocenters. The van der Waals surface area contributed by atoms with Gasteiger partial charge in [-0.15, -0.1) is 0 Å². The second-order valence-electron chi connectivity index (χ2n) is 7.61. The van der Waals surface area contributed by atoms with Crippen LogP contribution in [0, 0.1) is 5.41 Å². The van der Waals surface area contributed by atoms with Crippen molar-refractivity contribution >= 4 is 11.8 Å². The normalized spacial score (nSPS) is 26.7. The van der Waals surface area contributed by atoms with Crippen molar-refractivity contribution < 1.29 is 19.4 Å². The maximum atomic E-state index is 12.4. The average Bonchev–Trinajstić information content (AvgIpc) is 2.64. The summed E-state index contributed by atoms with van der Waals surface area (Å²) in [6.07, 6.45) is 4.90. The number of likely N-dealkylation sites (tertiary alicyclic amines) is 2. The minimum absolute atomic E-state index is 0.138. The van der Waals surface area contributed by atoms with Gasteiger partial charge in [0.25, 0.3) is 5.91 Å². The summed E-state index contributed by atoms with van der Waals surface area (Å²) in [4.78, 5) is 28.5. The Morgan fingerprint density at radius 1 is 1.29 bits per heavy atom. The Hall–Kier alpha value is -1.14. The van der Waals surface area contributed by atoms with Gasteiger partial charge in [-0.1, -0.05) is 6.92 Å². The molecule has 1 atom stereocenters. The summed E-state index contributed by atoms with van der Waals surface area (Å²) in [7, 11) is 0. The Balaban J connectivity index is 1.60. The summed E-state index contributed by atoms with van der Waals surface area (Å²) in [5, 5.41) is 9.77. The van der Waals surface area contributed by atoms with Gasteiger partial charge >= 0.3 is 0 Å². The Morgan fingerprint density at radius 3 is 2.58 bits per heavy atom. The van der Waals surface area contributed by atoms with E-state index in [1.165, 1.54) is 0 Å². The summed E-state index contributed by atoms with van der Waals surface area (Å²) in [5.41, 5.74) is 0.153. The van der Waals surface area contributed by atoms with Gasteiger partial charge in [0.05, 0.1) is 0 Å². The number of amides is 2. The molecule has 0 aromatic carbocycles. The van der Waals surface area contributed by atoms with E-state index < -0.39 is 6.10 Å². The Kier molecular flexibility index (Phi) is 5.45. The maximum absolute atomic E-state index is 12.4. The molecule has 1 N–H and O–H groups in total. The number of rotatable bonds is 3. The average molecular weight is 338 g/mol. The molecule has 0 radical (unpaired) electrons. The molecule has 3 saturated heterocycles. The first kappa shape index (κ1) is 17.7. The van der Waals surface area contributed by atoms with Crippen molar-refractivity contribution in [2.45, 2.75) is 64.0 Å². The van der Waals surface area contributed by atoms with E-state index in [0.29, 0.717) is 32.0 Å². The van der Waals surface area contributed by atoms with Crippen LogP contribution in [0.5, 0.6) is 0 Å². The van der Waals surface area contributed by atoms with E-state index in [-0.39, 0.29) is 17.2 Å². The number of hydrogen-bond donors (Lipinski definition) is 1. The van der Waals surface area contributed by atoms with Gasteiger partial charge in [-0.3, -0.25) is 9.59 Å². The first-order valence-corrected chi connectivity index (χ1v) is 9.39. The number of aliphatic hydroxyl groups is 1. The molecule has 24 heavy (non-hydrogen) atoms. The van der Waals surface area contributed by atoms with E-state index in [1.807, 2.05) is 6.92 Å². The standard InChI is InChI=1S/C18H30N2O4/c1-2-15(21)17(23)19-9-7-18(8-10-19)6-3-16(22)20(13-18)14-4-11-24-12-5-14/h14-15,21H,2-13H2,1H3/t15-/m0/s1. The zero-order valence-electron chi connectivity index (χ0n) is 14.7. The summed E-state index contributed by atoms with van der Waals surface area (Å²) in [5.74, 6) is 0.146. The molecule has 3 rings (SSSR count). The van der Waals surface area contributed by atoms with E-state index in [4.69, 9.17) is 4.74 Å². The van der Waals surface area contributed by atoms with Crippen LogP contribution in [0.3, 0.4) is 0 Å². The van der Waals surface area contributed by atoms with Crippen molar-refractivity contribution in [1.82, 2.24) is 9.80 Å². The third-order valence-electron chi connectivity index (χ3n) is 6.13. The smallest absolute Gasteiger partial charge is 0.251 e. The number of carbonyl (C=O) groups excluding carboxylic acids is 2. The van der Waals surface area contributed by atoms with Gasteiger partial charge in [0.2, 0.25) is 5.91 Å². The zero-order chi connectivity index (χ0) is 17.2. The van der Waals surface area contributed by atoms with E-state index in [0.717, 1.165) is 51.9 Å². The molecule has 0 bridgehead atoms. The highest BCUT2D eigenvalue weighted by Crippen LogP contribution is 2.41. The van der Waals surface area contributed by atoms with Crippen LogP contribution in [0.4, 0.5) is 0 Å². The van der Waals surface area contributed by atoms with Gasteiger partial charge in [0.15, 0.2) is 0 Å². The summed E-state index contributed by atoms with van der Waals surface area (Å²) < 4.78 is 5.43. The van der Waals surface area contributed by atoms with Gasteiger partial charge in [0, 0.05) is 45.3 Å². The number of carbonyl (C=O) groups is 2. The predicted octanol–water partition coefficient (Wildman–Crippen LogP) is 1.17. The maximum Gasteiger partial charge on any atom is 0.251 e. The highest BCUT2D eigenvalue weighted by Gasteiger charge is 2.43. The van der Waals surface area contributed by atoms with E-state index in [2.05, 4.69) is 4.90 Å². The summed E-state index contributed by atoms with van der Waals surface area (Å²) in [6.45, 7) is 5.55. The minimum atomic E-state index is -0.870. The van der Waals surface area contributed by atoms with Crippen molar-refractivity contribution in [3.63, 3.8) is 0 Å². The monoisotopic (exact) mass is 338 g/mol. The van der Waals surface area contributed by atoms with Crippen LogP contribution in [-0.2, 0) is 14.3 Å². The van der Waals surface area contributed by atoms with Crippen molar-refractivity contribution in [3.05, 3.63) is 0 Å². The van der Waals surface area contributed by atoms with E-state index in [9.17, 15) is 14.7 Å². The van der Waals surface area contributed by atoms with E-state index >= 15 is 0 Å². The third-order valence-corrected chi connectivity index (χ3v) is 6.13. The van der Waals surface area contributed by atoms with Crippen molar-refractivity contribution in [2.24, 2.45) is 5.41 Å². The number of piperidine rings is 2. The number of ether oxygens (including phenoxy) is 1. The second-order valence-corrected chi connectivity index (χ2v) is 7.61. The van der Waals surface area contributed by atoms with Gasteiger partial charge in [-0.25, -0.2) is 0 Å². The van der Waals surface area contributed by atoms with Gasteiger partial charge in [-0.2, -0.15) is 0 Å². The van der Waals surface area contributed by atoms with Crippen molar-refractivity contribution in [2.75, 3.05) is 32.8 Å². The highest BCUT2D eigenvalue weighted by atomic mass is 16.5. The van der Waals surface area contributed by atoms with Crippen LogP contribution in [0.1, 0.15) is 51.9 Å². The number of hydrogen-bond acceptors (Lipinski definition) is 4. The lowest BCUT2D eigenvalue weighted by Crippen LogP contribution is -2.56. The fourth-order valence-electron chi connectivity index (χ4n) is 4.37.